The molecule has 1 heterocycles. The third kappa shape index (κ3) is 1.67. The standard InChI is InChI=1S/C6H12O4/c7-2-4-1-5(8)6(9)3-10-4/h4-9H,1-3H2/t4-,5?,6?/m0/s1. The number of rotatable bonds is 1. The Kier molecular flexibility index (Phi) is 2.62. The summed E-state index contributed by atoms with van der Waals surface area (Å²) in [6, 6.07) is 0. The van der Waals surface area contributed by atoms with Crippen LogP contribution in [0.5, 0.6) is 0 Å². The summed E-state index contributed by atoms with van der Waals surface area (Å²) in [5.74, 6) is 0. The molecule has 1 fully saturated rings. The number of hydrogen-bond acceptors (Lipinski definition) is 4. The predicted molar refractivity (Wildman–Crippen MR) is 33.5 cm³/mol. The average Bonchev–Trinajstić information content (AvgIpc) is 1.95. The number of hydrogen-bond donors (Lipinski definition) is 3. The van der Waals surface area contributed by atoms with Gasteiger partial charge in [-0.3, -0.25) is 0 Å². The molecule has 3 N–H and O–H groups in total. The lowest BCUT2D eigenvalue weighted by atomic mass is 10.0. The molecule has 4 nitrogen and oxygen atoms in total. The Morgan fingerprint density at radius 2 is 2.00 bits per heavy atom. The predicted octanol–water partition coefficient (Wildman–Crippen LogP) is -1.51. The van der Waals surface area contributed by atoms with E-state index < -0.39 is 12.2 Å². The van der Waals surface area contributed by atoms with E-state index in [1.165, 1.54) is 0 Å². The zero-order chi connectivity index (χ0) is 7.56. The third-order valence-corrected chi connectivity index (χ3v) is 1.65. The molecule has 1 aliphatic heterocycles. The van der Waals surface area contributed by atoms with Crippen LogP contribution in [0.15, 0.2) is 0 Å². The van der Waals surface area contributed by atoms with Crippen LogP contribution in [0.2, 0.25) is 0 Å². The summed E-state index contributed by atoms with van der Waals surface area (Å²) < 4.78 is 4.95. The highest BCUT2D eigenvalue weighted by atomic mass is 16.5. The fraction of sp³-hybridized carbons (Fsp3) is 1.00. The summed E-state index contributed by atoms with van der Waals surface area (Å²) in [4.78, 5) is 0. The second kappa shape index (κ2) is 3.30. The number of ether oxygens (including phenoxy) is 1. The molecule has 0 radical (unpaired) electrons. The summed E-state index contributed by atoms with van der Waals surface area (Å²) in [6.45, 7) is 0.0240. The summed E-state index contributed by atoms with van der Waals surface area (Å²) in [6.07, 6.45) is -1.52. The molecular formula is C6H12O4. The fourth-order valence-corrected chi connectivity index (χ4v) is 0.967. The van der Waals surface area contributed by atoms with Crippen LogP contribution < -0.4 is 0 Å². The molecule has 0 bridgehead atoms. The van der Waals surface area contributed by atoms with E-state index in [9.17, 15) is 0 Å². The maximum atomic E-state index is 9.04. The minimum atomic E-state index is -0.789. The van der Waals surface area contributed by atoms with E-state index in [1.54, 1.807) is 0 Å². The van der Waals surface area contributed by atoms with Crippen LogP contribution in [0.25, 0.3) is 0 Å². The van der Waals surface area contributed by atoms with Crippen molar-refractivity contribution in [1.82, 2.24) is 0 Å². The number of aliphatic hydroxyl groups is 3. The van der Waals surface area contributed by atoms with Gasteiger partial charge in [-0.2, -0.15) is 0 Å². The quantitative estimate of drug-likeness (QED) is 0.423. The van der Waals surface area contributed by atoms with Gasteiger partial charge in [-0.1, -0.05) is 0 Å². The summed E-state index contributed by atoms with van der Waals surface area (Å²) in [5.41, 5.74) is 0. The lowest BCUT2D eigenvalue weighted by Gasteiger charge is -2.29. The summed E-state index contributed by atoms with van der Waals surface area (Å²) >= 11 is 0. The van der Waals surface area contributed by atoms with Crippen LogP contribution in [-0.2, 0) is 4.74 Å². The van der Waals surface area contributed by atoms with Crippen molar-refractivity contribution in [3.05, 3.63) is 0 Å². The second-order valence-electron chi connectivity index (χ2n) is 2.51. The SMILES string of the molecule is OC[C@@H]1CC(O)C(O)CO1. The number of aliphatic hydroxyl groups excluding tert-OH is 3. The van der Waals surface area contributed by atoms with E-state index >= 15 is 0 Å². The normalized spacial score (nSPS) is 41.7. The smallest absolute Gasteiger partial charge is 0.103 e. The highest BCUT2D eigenvalue weighted by Gasteiger charge is 2.27. The van der Waals surface area contributed by atoms with E-state index in [0.717, 1.165) is 0 Å². The van der Waals surface area contributed by atoms with Crippen LogP contribution >= 0.6 is 0 Å². The van der Waals surface area contributed by atoms with Crippen LogP contribution in [0.3, 0.4) is 0 Å². The Labute approximate surface area is 59.1 Å². The van der Waals surface area contributed by atoms with Gasteiger partial charge >= 0.3 is 0 Å². The molecule has 1 rings (SSSR count). The van der Waals surface area contributed by atoms with Crippen LogP contribution in [0.1, 0.15) is 6.42 Å². The average molecular weight is 148 g/mol. The van der Waals surface area contributed by atoms with Crippen LogP contribution in [0.4, 0.5) is 0 Å². The maximum absolute atomic E-state index is 9.04. The van der Waals surface area contributed by atoms with E-state index in [1.807, 2.05) is 0 Å². The topological polar surface area (TPSA) is 69.9 Å². The van der Waals surface area contributed by atoms with Gasteiger partial charge in [-0.25, -0.2) is 0 Å². The van der Waals surface area contributed by atoms with Gasteiger partial charge in [0.05, 0.1) is 25.4 Å². The van der Waals surface area contributed by atoms with Crippen molar-refractivity contribution >= 4 is 0 Å². The molecule has 3 atom stereocenters. The summed E-state index contributed by atoms with van der Waals surface area (Å²) in [7, 11) is 0. The molecule has 0 aromatic heterocycles. The molecule has 2 unspecified atom stereocenters. The van der Waals surface area contributed by atoms with E-state index in [0.29, 0.717) is 6.42 Å². The van der Waals surface area contributed by atoms with Crippen molar-refractivity contribution in [2.45, 2.75) is 24.7 Å². The molecule has 0 saturated carbocycles. The molecule has 1 aliphatic rings. The molecule has 10 heavy (non-hydrogen) atoms. The van der Waals surface area contributed by atoms with Gasteiger partial charge in [0.25, 0.3) is 0 Å². The van der Waals surface area contributed by atoms with E-state index in [4.69, 9.17) is 20.1 Å². The van der Waals surface area contributed by atoms with Gasteiger partial charge in [0, 0.05) is 6.42 Å². The first kappa shape index (κ1) is 7.94. The lowest BCUT2D eigenvalue weighted by molar-refractivity contribution is -0.131. The van der Waals surface area contributed by atoms with Crippen molar-refractivity contribution < 1.29 is 20.1 Å². The Morgan fingerprint density at radius 3 is 2.50 bits per heavy atom. The Bertz CT molecular complexity index is 106. The van der Waals surface area contributed by atoms with Crippen LogP contribution in [0, 0.1) is 0 Å². The van der Waals surface area contributed by atoms with Gasteiger partial charge < -0.3 is 20.1 Å². The van der Waals surface area contributed by atoms with E-state index in [-0.39, 0.29) is 19.3 Å². The monoisotopic (exact) mass is 148 g/mol. The van der Waals surface area contributed by atoms with E-state index in [2.05, 4.69) is 0 Å². The van der Waals surface area contributed by atoms with Gasteiger partial charge in [-0.05, 0) is 0 Å². The fourth-order valence-electron chi connectivity index (χ4n) is 0.967. The molecular weight excluding hydrogens is 136 g/mol. The molecule has 60 valence electrons. The molecule has 1 saturated heterocycles. The zero-order valence-corrected chi connectivity index (χ0v) is 5.60. The van der Waals surface area contributed by atoms with Crippen molar-refractivity contribution in [3.8, 4) is 0 Å². The second-order valence-corrected chi connectivity index (χ2v) is 2.51. The first-order chi connectivity index (χ1) is 4.74. The van der Waals surface area contributed by atoms with Gasteiger partial charge in [0.1, 0.15) is 6.10 Å². The minimum absolute atomic E-state index is 0.0935. The minimum Gasteiger partial charge on any atom is -0.394 e. The molecule has 0 spiro atoms. The summed E-state index contributed by atoms with van der Waals surface area (Å²) in [5, 5.41) is 26.5. The van der Waals surface area contributed by atoms with Crippen LogP contribution in [-0.4, -0.2) is 46.8 Å². The van der Waals surface area contributed by atoms with Gasteiger partial charge in [0.2, 0.25) is 0 Å². The van der Waals surface area contributed by atoms with Crippen molar-refractivity contribution in [3.63, 3.8) is 0 Å². The Hall–Kier alpha value is -0.160. The van der Waals surface area contributed by atoms with Crippen molar-refractivity contribution in [2.75, 3.05) is 13.2 Å². The molecule has 4 heteroatoms. The highest BCUT2D eigenvalue weighted by molar-refractivity contribution is 4.76. The van der Waals surface area contributed by atoms with Gasteiger partial charge in [0.15, 0.2) is 0 Å². The molecule has 0 aromatic rings. The Morgan fingerprint density at radius 1 is 1.30 bits per heavy atom. The Balaban J connectivity index is 2.33. The highest BCUT2D eigenvalue weighted by Crippen LogP contribution is 2.13. The third-order valence-electron chi connectivity index (χ3n) is 1.65. The van der Waals surface area contributed by atoms with Gasteiger partial charge in [-0.15, -0.1) is 0 Å². The molecule has 0 amide bonds. The lowest BCUT2D eigenvalue weighted by Crippen LogP contribution is -2.42. The first-order valence-electron chi connectivity index (χ1n) is 3.32. The first-order valence-corrected chi connectivity index (χ1v) is 3.32. The van der Waals surface area contributed by atoms with Crippen molar-refractivity contribution in [1.29, 1.82) is 0 Å². The molecule has 0 aliphatic carbocycles. The zero-order valence-electron chi connectivity index (χ0n) is 5.60. The largest absolute Gasteiger partial charge is 0.394 e. The molecule has 0 aromatic carbocycles. The maximum Gasteiger partial charge on any atom is 0.103 e. The van der Waals surface area contributed by atoms with Crippen molar-refractivity contribution in [2.24, 2.45) is 0 Å².